The summed E-state index contributed by atoms with van der Waals surface area (Å²) in [4.78, 5) is 0. The van der Waals surface area contributed by atoms with E-state index < -0.39 is 0 Å². The maximum atomic E-state index is 9.58. The molecule has 0 amide bonds. The van der Waals surface area contributed by atoms with Crippen molar-refractivity contribution in [2.24, 2.45) is 0 Å². The summed E-state index contributed by atoms with van der Waals surface area (Å²) in [6.45, 7) is 6.00. The SMILES string of the molecule is C=CC=C1/C(=C\C)c2cccc(C#N)c2C12CCCCC2. The Morgan fingerprint density at radius 1 is 1.24 bits per heavy atom. The molecule has 0 radical (unpaired) electrons. The van der Waals surface area contributed by atoms with Gasteiger partial charge in [0.25, 0.3) is 0 Å². The van der Waals surface area contributed by atoms with E-state index in [9.17, 15) is 5.26 Å². The third-order valence-corrected chi connectivity index (χ3v) is 5.04. The van der Waals surface area contributed by atoms with E-state index in [-0.39, 0.29) is 5.41 Å². The normalized spacial score (nSPS) is 23.2. The predicted molar refractivity (Wildman–Crippen MR) is 87.9 cm³/mol. The third kappa shape index (κ3) is 1.90. The van der Waals surface area contributed by atoms with Gasteiger partial charge in [-0.3, -0.25) is 0 Å². The minimum atomic E-state index is 0.0376. The number of allylic oxidation sites excluding steroid dienone is 5. The predicted octanol–water partition coefficient (Wildman–Crippen LogP) is 5.29. The molecule has 0 aliphatic heterocycles. The molecule has 1 saturated carbocycles. The molecular weight excluding hydrogens is 254 g/mol. The molecule has 106 valence electrons. The van der Waals surface area contributed by atoms with Crippen molar-refractivity contribution in [3.8, 4) is 6.07 Å². The van der Waals surface area contributed by atoms with Crippen molar-refractivity contribution in [2.75, 3.05) is 0 Å². The Bertz CT molecular complexity index is 676. The van der Waals surface area contributed by atoms with Crippen LogP contribution in [0.4, 0.5) is 0 Å². The lowest BCUT2D eigenvalue weighted by molar-refractivity contribution is 0.352. The molecule has 21 heavy (non-hydrogen) atoms. The highest BCUT2D eigenvalue weighted by molar-refractivity contribution is 5.91. The monoisotopic (exact) mass is 275 g/mol. The standard InChI is InChI=1S/C20H21N/c1-3-9-18-16(4-2)17-11-8-10-15(14-21)19(17)20(18)12-6-5-7-13-20/h3-4,8-11H,1,5-7,12-13H2,2H3/b16-4-,18-9?. The zero-order valence-electron chi connectivity index (χ0n) is 12.7. The summed E-state index contributed by atoms with van der Waals surface area (Å²) in [5.74, 6) is 0. The largest absolute Gasteiger partial charge is 0.192 e. The quantitative estimate of drug-likeness (QED) is 0.683. The number of nitrogens with zero attached hydrogens (tertiary/aromatic N) is 1. The van der Waals surface area contributed by atoms with E-state index in [0.29, 0.717) is 0 Å². The van der Waals surface area contributed by atoms with Gasteiger partial charge in [0.15, 0.2) is 0 Å². The molecule has 1 nitrogen and oxygen atoms in total. The second-order valence-corrected chi connectivity index (χ2v) is 6.00. The molecular formula is C20H21N. The lowest BCUT2D eigenvalue weighted by Gasteiger charge is -2.36. The Kier molecular flexibility index (Phi) is 3.55. The van der Waals surface area contributed by atoms with Gasteiger partial charge in [-0.05, 0) is 48.1 Å². The van der Waals surface area contributed by atoms with Gasteiger partial charge in [-0.1, -0.05) is 56.2 Å². The van der Waals surface area contributed by atoms with E-state index in [1.807, 2.05) is 18.2 Å². The molecule has 0 bridgehead atoms. The topological polar surface area (TPSA) is 23.8 Å². The van der Waals surface area contributed by atoms with Crippen LogP contribution in [0.2, 0.25) is 0 Å². The first-order valence-electron chi connectivity index (χ1n) is 7.82. The summed E-state index contributed by atoms with van der Waals surface area (Å²) < 4.78 is 0. The third-order valence-electron chi connectivity index (χ3n) is 5.04. The van der Waals surface area contributed by atoms with E-state index in [4.69, 9.17) is 0 Å². The van der Waals surface area contributed by atoms with Gasteiger partial charge in [0.05, 0.1) is 11.6 Å². The molecule has 0 N–H and O–H groups in total. The molecule has 0 aromatic heterocycles. The van der Waals surface area contributed by atoms with Crippen molar-refractivity contribution in [1.29, 1.82) is 5.26 Å². The van der Waals surface area contributed by atoms with E-state index in [1.165, 1.54) is 41.5 Å². The molecule has 2 aliphatic carbocycles. The van der Waals surface area contributed by atoms with Gasteiger partial charge in [-0.2, -0.15) is 5.26 Å². The van der Waals surface area contributed by atoms with E-state index in [2.05, 4.69) is 37.8 Å². The van der Waals surface area contributed by atoms with Crippen LogP contribution in [-0.4, -0.2) is 0 Å². The Morgan fingerprint density at radius 3 is 2.62 bits per heavy atom. The van der Waals surface area contributed by atoms with Crippen molar-refractivity contribution < 1.29 is 0 Å². The Hall–Kier alpha value is -2.07. The van der Waals surface area contributed by atoms with Crippen LogP contribution in [0, 0.1) is 11.3 Å². The van der Waals surface area contributed by atoms with Crippen LogP contribution >= 0.6 is 0 Å². The molecule has 2 aliphatic rings. The van der Waals surface area contributed by atoms with Crippen LogP contribution in [0.25, 0.3) is 5.57 Å². The van der Waals surface area contributed by atoms with Gasteiger partial charge in [0.1, 0.15) is 0 Å². The maximum absolute atomic E-state index is 9.58. The smallest absolute Gasteiger partial charge is 0.0995 e. The number of nitriles is 1. The second-order valence-electron chi connectivity index (χ2n) is 6.00. The molecule has 0 unspecified atom stereocenters. The van der Waals surface area contributed by atoms with Crippen LogP contribution < -0.4 is 0 Å². The van der Waals surface area contributed by atoms with Crippen LogP contribution in [-0.2, 0) is 5.41 Å². The van der Waals surface area contributed by atoms with Crippen molar-refractivity contribution in [1.82, 2.24) is 0 Å². The highest BCUT2D eigenvalue weighted by Gasteiger charge is 2.46. The van der Waals surface area contributed by atoms with Crippen LogP contribution in [0.15, 0.2) is 48.6 Å². The van der Waals surface area contributed by atoms with Crippen molar-refractivity contribution in [2.45, 2.75) is 44.4 Å². The number of hydrogen-bond donors (Lipinski definition) is 0. The van der Waals surface area contributed by atoms with Crippen molar-refractivity contribution in [3.63, 3.8) is 0 Å². The Morgan fingerprint density at radius 2 is 2.00 bits per heavy atom. The molecule has 1 fully saturated rings. The van der Waals surface area contributed by atoms with Crippen LogP contribution in [0.5, 0.6) is 0 Å². The lowest BCUT2D eigenvalue weighted by Crippen LogP contribution is -2.29. The fourth-order valence-electron chi connectivity index (χ4n) is 4.28. The highest BCUT2D eigenvalue weighted by atomic mass is 14.5. The van der Waals surface area contributed by atoms with Crippen molar-refractivity contribution in [3.05, 3.63) is 65.3 Å². The van der Waals surface area contributed by atoms with Crippen molar-refractivity contribution >= 4 is 5.57 Å². The summed E-state index contributed by atoms with van der Waals surface area (Å²) in [6.07, 6.45) is 12.3. The number of rotatable bonds is 1. The summed E-state index contributed by atoms with van der Waals surface area (Å²) >= 11 is 0. The van der Waals surface area contributed by atoms with Crippen LogP contribution in [0.1, 0.15) is 55.7 Å². The molecule has 1 heteroatoms. The minimum absolute atomic E-state index is 0.0376. The fraction of sp³-hybridized carbons (Fsp3) is 0.350. The van der Waals surface area contributed by atoms with Gasteiger partial charge < -0.3 is 0 Å². The molecule has 1 spiro atoms. The van der Waals surface area contributed by atoms with Gasteiger partial charge in [-0.25, -0.2) is 0 Å². The fourth-order valence-corrected chi connectivity index (χ4v) is 4.28. The second kappa shape index (κ2) is 5.37. The summed E-state index contributed by atoms with van der Waals surface area (Å²) in [6, 6.07) is 8.58. The van der Waals surface area contributed by atoms with E-state index >= 15 is 0 Å². The average molecular weight is 275 g/mol. The molecule has 1 aromatic carbocycles. The maximum Gasteiger partial charge on any atom is 0.0995 e. The number of fused-ring (bicyclic) bond motifs is 2. The summed E-state index contributed by atoms with van der Waals surface area (Å²) in [5, 5.41) is 9.58. The van der Waals surface area contributed by atoms with E-state index in [0.717, 1.165) is 18.4 Å². The number of benzene rings is 1. The summed E-state index contributed by atoms with van der Waals surface area (Å²) in [7, 11) is 0. The first-order valence-corrected chi connectivity index (χ1v) is 7.82. The average Bonchev–Trinajstić information content (AvgIpc) is 2.78. The Balaban J connectivity index is 2.35. The first kappa shape index (κ1) is 13.9. The molecule has 0 saturated heterocycles. The van der Waals surface area contributed by atoms with Crippen LogP contribution in [0.3, 0.4) is 0 Å². The lowest BCUT2D eigenvalue weighted by atomic mass is 9.66. The summed E-state index contributed by atoms with van der Waals surface area (Å²) in [5.41, 5.74) is 6.08. The Labute approximate surface area is 127 Å². The molecule has 3 rings (SSSR count). The number of hydrogen-bond acceptors (Lipinski definition) is 1. The van der Waals surface area contributed by atoms with E-state index in [1.54, 1.807) is 0 Å². The molecule has 0 atom stereocenters. The zero-order valence-corrected chi connectivity index (χ0v) is 12.7. The van der Waals surface area contributed by atoms with Gasteiger partial charge in [0, 0.05) is 5.41 Å². The van der Waals surface area contributed by atoms with Gasteiger partial charge in [-0.15, -0.1) is 0 Å². The zero-order chi connectivity index (χ0) is 14.9. The van der Waals surface area contributed by atoms with Gasteiger partial charge in [0.2, 0.25) is 0 Å². The highest BCUT2D eigenvalue weighted by Crippen LogP contribution is 2.57. The first-order chi connectivity index (χ1) is 10.3. The minimum Gasteiger partial charge on any atom is -0.192 e. The van der Waals surface area contributed by atoms with Gasteiger partial charge >= 0.3 is 0 Å². The molecule has 0 heterocycles. The molecule has 1 aromatic rings.